The standard InChI is InChI=1S/C25H25N5O5/c1-17(31)18-7-5-8-19(15-18)30(23(32)16-29-21-10-4-3-9-20(21)27-28-29)24(22-11-6-13-35-22)25(33)26-12-14-34-2/h3-11,13,15,24H,12,14,16H2,1-2H3,(H,26,33). The van der Waals surface area contributed by atoms with Gasteiger partial charge in [0.15, 0.2) is 11.8 Å². The molecule has 0 saturated heterocycles. The molecule has 1 unspecified atom stereocenters. The summed E-state index contributed by atoms with van der Waals surface area (Å²) in [6.07, 6.45) is 1.43. The zero-order valence-electron chi connectivity index (χ0n) is 19.4. The minimum Gasteiger partial charge on any atom is -0.467 e. The molecular formula is C25H25N5O5. The first-order chi connectivity index (χ1) is 17.0. The fourth-order valence-corrected chi connectivity index (χ4v) is 3.74. The van der Waals surface area contributed by atoms with Crippen molar-refractivity contribution in [2.75, 3.05) is 25.2 Å². The maximum absolute atomic E-state index is 13.8. The summed E-state index contributed by atoms with van der Waals surface area (Å²) in [6, 6.07) is 16.0. The summed E-state index contributed by atoms with van der Waals surface area (Å²) in [6.45, 7) is 1.80. The Bertz CT molecular complexity index is 1330. The van der Waals surface area contributed by atoms with Crippen molar-refractivity contribution in [3.8, 4) is 0 Å². The second-order valence-electron chi connectivity index (χ2n) is 7.81. The topological polar surface area (TPSA) is 120 Å². The van der Waals surface area contributed by atoms with Gasteiger partial charge in [-0.25, -0.2) is 4.68 Å². The molecule has 1 atom stereocenters. The highest BCUT2D eigenvalue weighted by Gasteiger charge is 2.35. The molecule has 10 nitrogen and oxygen atoms in total. The van der Waals surface area contributed by atoms with E-state index < -0.39 is 17.9 Å². The molecule has 0 radical (unpaired) electrons. The van der Waals surface area contributed by atoms with Crippen molar-refractivity contribution in [3.63, 3.8) is 0 Å². The normalized spacial score (nSPS) is 11.8. The van der Waals surface area contributed by atoms with Crippen LogP contribution < -0.4 is 10.2 Å². The van der Waals surface area contributed by atoms with Crippen molar-refractivity contribution in [2.45, 2.75) is 19.5 Å². The molecule has 0 aliphatic rings. The van der Waals surface area contributed by atoms with E-state index in [1.807, 2.05) is 18.2 Å². The number of ether oxygens (including phenoxy) is 1. The van der Waals surface area contributed by atoms with Gasteiger partial charge in [-0.2, -0.15) is 0 Å². The minimum atomic E-state index is -1.13. The van der Waals surface area contributed by atoms with E-state index in [1.165, 1.54) is 29.9 Å². The van der Waals surface area contributed by atoms with Gasteiger partial charge >= 0.3 is 0 Å². The van der Waals surface area contributed by atoms with Crippen LogP contribution in [-0.2, 0) is 20.9 Å². The largest absolute Gasteiger partial charge is 0.467 e. The number of fused-ring (bicyclic) bond motifs is 1. The first-order valence-electron chi connectivity index (χ1n) is 11.0. The number of rotatable bonds is 10. The number of carbonyl (C=O) groups excluding carboxylic acids is 3. The monoisotopic (exact) mass is 475 g/mol. The number of carbonyl (C=O) groups is 3. The highest BCUT2D eigenvalue weighted by atomic mass is 16.5. The molecule has 0 bridgehead atoms. The Morgan fingerprint density at radius 3 is 2.69 bits per heavy atom. The molecule has 180 valence electrons. The number of ketones is 1. The van der Waals surface area contributed by atoms with Gasteiger partial charge in [0.25, 0.3) is 5.91 Å². The Morgan fingerprint density at radius 2 is 1.94 bits per heavy atom. The first-order valence-corrected chi connectivity index (χ1v) is 11.0. The van der Waals surface area contributed by atoms with Crippen LogP contribution in [0.4, 0.5) is 5.69 Å². The molecule has 0 aliphatic carbocycles. The number of benzene rings is 2. The Balaban J connectivity index is 1.77. The predicted octanol–water partition coefficient (Wildman–Crippen LogP) is 2.76. The molecular weight excluding hydrogens is 450 g/mol. The zero-order valence-corrected chi connectivity index (χ0v) is 19.4. The maximum Gasteiger partial charge on any atom is 0.251 e. The Morgan fingerprint density at radius 1 is 1.11 bits per heavy atom. The number of aromatic nitrogens is 3. The predicted molar refractivity (Wildman–Crippen MR) is 128 cm³/mol. The van der Waals surface area contributed by atoms with E-state index in [1.54, 1.807) is 42.5 Å². The summed E-state index contributed by atoms with van der Waals surface area (Å²) < 4.78 is 12.1. The van der Waals surface area contributed by atoms with Crippen molar-refractivity contribution >= 4 is 34.3 Å². The van der Waals surface area contributed by atoms with Crippen molar-refractivity contribution in [1.29, 1.82) is 0 Å². The molecule has 4 aromatic rings. The van der Waals surface area contributed by atoms with Gasteiger partial charge in [-0.15, -0.1) is 5.10 Å². The molecule has 35 heavy (non-hydrogen) atoms. The third-order valence-electron chi connectivity index (χ3n) is 5.43. The molecule has 2 heterocycles. The summed E-state index contributed by atoms with van der Waals surface area (Å²) >= 11 is 0. The Hall–Kier alpha value is -4.31. The zero-order chi connectivity index (χ0) is 24.8. The first kappa shape index (κ1) is 23.8. The molecule has 2 aromatic heterocycles. The van der Waals surface area contributed by atoms with E-state index >= 15 is 0 Å². The summed E-state index contributed by atoms with van der Waals surface area (Å²) in [5.74, 6) is -0.794. The molecule has 2 amide bonds. The number of hydrogen-bond acceptors (Lipinski definition) is 7. The van der Waals surface area contributed by atoms with Gasteiger partial charge in [0.1, 0.15) is 17.8 Å². The Labute approximate surface area is 201 Å². The summed E-state index contributed by atoms with van der Waals surface area (Å²) in [5, 5.41) is 11.0. The van der Waals surface area contributed by atoms with Gasteiger partial charge in [-0.3, -0.25) is 19.3 Å². The van der Waals surface area contributed by atoms with Crippen LogP contribution in [0, 0.1) is 0 Å². The van der Waals surface area contributed by atoms with E-state index in [4.69, 9.17) is 9.15 Å². The SMILES string of the molecule is COCCNC(=O)C(c1ccco1)N(C(=O)Cn1nnc2ccccc21)c1cccc(C(C)=O)c1. The second kappa shape index (κ2) is 10.7. The maximum atomic E-state index is 13.8. The second-order valence-corrected chi connectivity index (χ2v) is 7.81. The highest BCUT2D eigenvalue weighted by molar-refractivity contribution is 6.02. The summed E-state index contributed by atoms with van der Waals surface area (Å²) in [5.41, 5.74) is 2.10. The van der Waals surface area contributed by atoms with Crippen molar-refractivity contribution in [2.24, 2.45) is 0 Å². The number of hydrogen-bond donors (Lipinski definition) is 1. The fraction of sp³-hybridized carbons (Fsp3) is 0.240. The smallest absolute Gasteiger partial charge is 0.251 e. The number of amides is 2. The third kappa shape index (κ3) is 5.28. The van der Waals surface area contributed by atoms with Crippen molar-refractivity contribution in [3.05, 3.63) is 78.3 Å². The van der Waals surface area contributed by atoms with Gasteiger partial charge in [0.05, 0.1) is 18.4 Å². The summed E-state index contributed by atoms with van der Waals surface area (Å²) in [4.78, 5) is 40.5. The van der Waals surface area contributed by atoms with Crippen LogP contribution in [-0.4, -0.2) is 52.9 Å². The number of methoxy groups -OCH3 is 1. The lowest BCUT2D eigenvalue weighted by atomic mass is 10.1. The van der Waals surface area contributed by atoms with Gasteiger partial charge in [-0.05, 0) is 43.3 Å². The van der Waals surface area contributed by atoms with Crippen LogP contribution in [0.3, 0.4) is 0 Å². The molecule has 0 aliphatic heterocycles. The number of anilines is 1. The molecule has 1 N–H and O–H groups in total. The molecule has 0 saturated carbocycles. The van der Waals surface area contributed by atoms with Crippen LogP contribution in [0.25, 0.3) is 11.0 Å². The fourth-order valence-electron chi connectivity index (χ4n) is 3.74. The lowest BCUT2D eigenvalue weighted by molar-refractivity contribution is -0.127. The van der Waals surface area contributed by atoms with Crippen LogP contribution in [0.15, 0.2) is 71.3 Å². The number of furan rings is 1. The van der Waals surface area contributed by atoms with E-state index in [9.17, 15) is 14.4 Å². The molecule has 0 spiro atoms. The average Bonchev–Trinajstić information content (AvgIpc) is 3.53. The number of nitrogens with one attached hydrogen (secondary N) is 1. The number of nitrogens with zero attached hydrogens (tertiary/aromatic N) is 4. The van der Waals surface area contributed by atoms with E-state index in [-0.39, 0.29) is 24.6 Å². The van der Waals surface area contributed by atoms with E-state index in [0.29, 0.717) is 28.9 Å². The van der Waals surface area contributed by atoms with E-state index in [0.717, 1.165) is 0 Å². The van der Waals surface area contributed by atoms with Gasteiger partial charge < -0.3 is 14.5 Å². The lowest BCUT2D eigenvalue weighted by Crippen LogP contribution is -2.45. The van der Waals surface area contributed by atoms with Crippen LogP contribution in [0.1, 0.15) is 29.1 Å². The Kier molecular flexibility index (Phi) is 7.32. The van der Waals surface area contributed by atoms with Crippen molar-refractivity contribution < 1.29 is 23.5 Å². The van der Waals surface area contributed by atoms with Gasteiger partial charge in [0, 0.05) is 24.9 Å². The highest BCUT2D eigenvalue weighted by Crippen LogP contribution is 2.30. The van der Waals surface area contributed by atoms with Gasteiger partial charge in [0.2, 0.25) is 5.91 Å². The van der Waals surface area contributed by atoms with Crippen LogP contribution in [0.2, 0.25) is 0 Å². The number of Topliss-reactive ketones (excluding diaryl/α,β-unsaturated/α-hetero) is 1. The van der Waals surface area contributed by atoms with Crippen molar-refractivity contribution in [1.82, 2.24) is 20.3 Å². The van der Waals surface area contributed by atoms with Crippen LogP contribution >= 0.6 is 0 Å². The molecule has 2 aromatic carbocycles. The molecule has 4 rings (SSSR count). The number of para-hydroxylation sites is 1. The third-order valence-corrected chi connectivity index (χ3v) is 5.43. The molecule has 10 heteroatoms. The van der Waals surface area contributed by atoms with Gasteiger partial charge in [-0.1, -0.05) is 29.5 Å². The molecule has 0 fully saturated rings. The lowest BCUT2D eigenvalue weighted by Gasteiger charge is -2.30. The summed E-state index contributed by atoms with van der Waals surface area (Å²) in [7, 11) is 1.53. The van der Waals surface area contributed by atoms with E-state index in [2.05, 4.69) is 15.6 Å². The average molecular weight is 476 g/mol. The van der Waals surface area contributed by atoms with Crippen LogP contribution in [0.5, 0.6) is 0 Å². The minimum absolute atomic E-state index is 0.166. The quantitative estimate of drug-likeness (QED) is 0.277.